The van der Waals surface area contributed by atoms with Crippen molar-refractivity contribution < 1.29 is 19.2 Å². The molecule has 0 bridgehead atoms. The molecule has 4 amide bonds. The predicted molar refractivity (Wildman–Crippen MR) is 125 cm³/mol. The van der Waals surface area contributed by atoms with Gasteiger partial charge in [-0.05, 0) is 37.9 Å². The number of anilines is 1. The SMILES string of the molecule is Cl.NCCCCCCCCCCNc1cccc2c1C(=O)N(C1CCC(=O)NC1=O)C2=O. The lowest BCUT2D eigenvalue weighted by Gasteiger charge is -2.27. The third kappa shape index (κ3) is 6.07. The molecule has 0 aromatic heterocycles. The maximum atomic E-state index is 13.0. The van der Waals surface area contributed by atoms with Gasteiger partial charge in [-0.15, -0.1) is 12.4 Å². The lowest BCUT2D eigenvalue weighted by Crippen LogP contribution is -2.54. The highest BCUT2D eigenvalue weighted by Gasteiger charge is 2.45. The summed E-state index contributed by atoms with van der Waals surface area (Å²) in [5.74, 6) is -1.93. The number of benzene rings is 1. The molecular formula is C23H33ClN4O4. The number of unbranched alkanes of at least 4 members (excludes halogenated alkanes) is 7. The van der Waals surface area contributed by atoms with Crippen molar-refractivity contribution >= 4 is 41.7 Å². The monoisotopic (exact) mass is 464 g/mol. The van der Waals surface area contributed by atoms with Crippen LogP contribution >= 0.6 is 12.4 Å². The lowest BCUT2D eigenvalue weighted by atomic mass is 10.0. The molecular weight excluding hydrogens is 432 g/mol. The third-order valence-electron chi connectivity index (χ3n) is 5.91. The number of amides is 4. The number of carbonyl (C=O) groups is 4. The molecule has 32 heavy (non-hydrogen) atoms. The average molecular weight is 465 g/mol. The molecule has 0 radical (unpaired) electrons. The molecule has 1 aromatic carbocycles. The Morgan fingerprint density at radius 3 is 2.25 bits per heavy atom. The second kappa shape index (κ2) is 12.6. The van der Waals surface area contributed by atoms with Crippen LogP contribution in [0.15, 0.2) is 18.2 Å². The van der Waals surface area contributed by atoms with E-state index in [1.165, 1.54) is 32.1 Å². The van der Waals surface area contributed by atoms with E-state index in [0.717, 1.165) is 30.7 Å². The molecule has 0 saturated carbocycles. The topological polar surface area (TPSA) is 122 Å². The van der Waals surface area contributed by atoms with Gasteiger partial charge in [0.05, 0.1) is 11.1 Å². The predicted octanol–water partition coefficient (Wildman–Crippen LogP) is 3.00. The molecule has 1 atom stereocenters. The van der Waals surface area contributed by atoms with E-state index in [4.69, 9.17) is 5.73 Å². The summed E-state index contributed by atoms with van der Waals surface area (Å²) in [6, 6.07) is 4.19. The highest BCUT2D eigenvalue weighted by molar-refractivity contribution is 6.25. The molecule has 1 aromatic rings. The molecule has 2 aliphatic rings. The standard InChI is InChI=1S/C23H32N4O4.ClH/c24-14-7-5-3-1-2-4-6-8-15-25-17-11-9-10-16-20(17)23(31)27(22(16)30)18-12-13-19(28)26-21(18)29;/h9-11,18,25H,1-8,12-15,24H2,(H,26,28,29);1H. The van der Waals surface area contributed by atoms with E-state index in [1.54, 1.807) is 18.2 Å². The van der Waals surface area contributed by atoms with Gasteiger partial charge >= 0.3 is 0 Å². The van der Waals surface area contributed by atoms with Crippen LogP contribution in [0, 0.1) is 0 Å². The van der Waals surface area contributed by atoms with Crippen molar-refractivity contribution in [2.24, 2.45) is 5.73 Å². The van der Waals surface area contributed by atoms with Crippen molar-refractivity contribution in [3.63, 3.8) is 0 Å². The van der Waals surface area contributed by atoms with Gasteiger partial charge in [0.25, 0.3) is 11.8 Å². The van der Waals surface area contributed by atoms with Crippen LogP contribution in [0.25, 0.3) is 0 Å². The fraction of sp³-hybridized carbons (Fsp3) is 0.565. The van der Waals surface area contributed by atoms with E-state index in [9.17, 15) is 19.2 Å². The van der Waals surface area contributed by atoms with Gasteiger partial charge in [0, 0.05) is 18.7 Å². The molecule has 176 valence electrons. The second-order valence-corrected chi connectivity index (χ2v) is 8.22. The first-order valence-corrected chi connectivity index (χ1v) is 11.3. The smallest absolute Gasteiger partial charge is 0.264 e. The number of piperidine rings is 1. The number of fused-ring (bicyclic) bond motifs is 1. The number of rotatable bonds is 12. The minimum Gasteiger partial charge on any atom is -0.384 e. The molecule has 1 saturated heterocycles. The van der Waals surface area contributed by atoms with Crippen LogP contribution in [0.1, 0.15) is 84.9 Å². The van der Waals surface area contributed by atoms with E-state index in [0.29, 0.717) is 23.4 Å². The Bertz CT molecular complexity index is 845. The van der Waals surface area contributed by atoms with Crippen molar-refractivity contribution in [3.8, 4) is 0 Å². The zero-order valence-electron chi connectivity index (χ0n) is 18.4. The Labute approximate surface area is 195 Å². The minimum atomic E-state index is -0.942. The number of hydrogen-bond acceptors (Lipinski definition) is 6. The number of nitrogens with zero attached hydrogens (tertiary/aromatic N) is 1. The summed E-state index contributed by atoms with van der Waals surface area (Å²) >= 11 is 0. The van der Waals surface area contributed by atoms with Gasteiger partial charge in [-0.2, -0.15) is 0 Å². The fourth-order valence-corrected chi connectivity index (χ4v) is 4.22. The number of nitrogens with two attached hydrogens (primary N) is 1. The number of carbonyl (C=O) groups excluding carboxylic acids is 4. The van der Waals surface area contributed by atoms with Gasteiger partial charge in [0.2, 0.25) is 11.8 Å². The molecule has 2 heterocycles. The van der Waals surface area contributed by atoms with E-state index in [2.05, 4.69) is 10.6 Å². The summed E-state index contributed by atoms with van der Waals surface area (Å²) in [4.78, 5) is 50.5. The minimum absolute atomic E-state index is 0. The molecule has 2 aliphatic heterocycles. The molecule has 1 fully saturated rings. The Balaban J connectivity index is 0.00000363. The molecule has 3 rings (SSSR count). The highest BCUT2D eigenvalue weighted by Crippen LogP contribution is 2.32. The molecule has 8 nitrogen and oxygen atoms in total. The van der Waals surface area contributed by atoms with Crippen molar-refractivity contribution in [1.82, 2.24) is 10.2 Å². The summed E-state index contributed by atoms with van der Waals surface area (Å²) < 4.78 is 0. The zero-order chi connectivity index (χ0) is 22.2. The zero-order valence-corrected chi connectivity index (χ0v) is 19.2. The normalized spacial score (nSPS) is 17.8. The number of imide groups is 2. The average Bonchev–Trinajstić information content (AvgIpc) is 3.01. The highest BCUT2D eigenvalue weighted by atomic mass is 35.5. The lowest BCUT2D eigenvalue weighted by molar-refractivity contribution is -0.136. The van der Waals surface area contributed by atoms with Gasteiger partial charge in [-0.25, -0.2) is 0 Å². The first kappa shape index (κ1) is 25.8. The van der Waals surface area contributed by atoms with E-state index >= 15 is 0 Å². The summed E-state index contributed by atoms with van der Waals surface area (Å²) in [5.41, 5.74) is 6.74. The van der Waals surface area contributed by atoms with Gasteiger partial charge in [-0.3, -0.25) is 29.4 Å². The van der Waals surface area contributed by atoms with Crippen LogP contribution in [0.4, 0.5) is 5.69 Å². The van der Waals surface area contributed by atoms with Crippen LogP contribution in [-0.2, 0) is 9.59 Å². The van der Waals surface area contributed by atoms with Crippen LogP contribution in [0.5, 0.6) is 0 Å². The van der Waals surface area contributed by atoms with Crippen LogP contribution in [0.2, 0.25) is 0 Å². The van der Waals surface area contributed by atoms with Gasteiger partial charge in [0.1, 0.15) is 6.04 Å². The van der Waals surface area contributed by atoms with Crippen molar-refractivity contribution in [3.05, 3.63) is 29.3 Å². The summed E-state index contributed by atoms with van der Waals surface area (Å²) in [6.07, 6.45) is 9.55. The number of halogens is 1. The molecule has 0 aliphatic carbocycles. The maximum absolute atomic E-state index is 13.0. The second-order valence-electron chi connectivity index (χ2n) is 8.22. The van der Waals surface area contributed by atoms with Crippen LogP contribution < -0.4 is 16.4 Å². The molecule has 0 spiro atoms. The summed E-state index contributed by atoms with van der Waals surface area (Å²) in [7, 11) is 0. The third-order valence-corrected chi connectivity index (χ3v) is 5.91. The van der Waals surface area contributed by atoms with E-state index in [-0.39, 0.29) is 31.2 Å². The van der Waals surface area contributed by atoms with Gasteiger partial charge in [-0.1, -0.05) is 44.6 Å². The largest absolute Gasteiger partial charge is 0.384 e. The Hall–Kier alpha value is -2.45. The van der Waals surface area contributed by atoms with Crippen LogP contribution in [0.3, 0.4) is 0 Å². The Morgan fingerprint density at radius 2 is 1.59 bits per heavy atom. The van der Waals surface area contributed by atoms with Crippen LogP contribution in [-0.4, -0.2) is 47.7 Å². The first-order valence-electron chi connectivity index (χ1n) is 11.3. The molecule has 1 unspecified atom stereocenters. The molecule has 4 N–H and O–H groups in total. The van der Waals surface area contributed by atoms with Gasteiger partial charge < -0.3 is 11.1 Å². The number of nitrogens with one attached hydrogen (secondary N) is 2. The van der Waals surface area contributed by atoms with Crippen molar-refractivity contribution in [2.45, 2.75) is 70.3 Å². The summed E-state index contributed by atoms with van der Waals surface area (Å²) in [6.45, 7) is 1.48. The van der Waals surface area contributed by atoms with E-state index < -0.39 is 23.8 Å². The van der Waals surface area contributed by atoms with Crippen molar-refractivity contribution in [1.29, 1.82) is 0 Å². The quantitative estimate of drug-likeness (QED) is 0.323. The first-order chi connectivity index (χ1) is 15.0. The number of hydrogen-bond donors (Lipinski definition) is 3. The Kier molecular flexibility index (Phi) is 10.1. The van der Waals surface area contributed by atoms with E-state index in [1.807, 2.05) is 0 Å². The molecule has 9 heteroatoms. The summed E-state index contributed by atoms with van der Waals surface area (Å²) in [5, 5.41) is 5.50. The maximum Gasteiger partial charge on any atom is 0.264 e. The van der Waals surface area contributed by atoms with Gasteiger partial charge in [0.15, 0.2) is 0 Å². The fourth-order valence-electron chi connectivity index (χ4n) is 4.22. The Morgan fingerprint density at radius 1 is 0.938 bits per heavy atom. The van der Waals surface area contributed by atoms with Crippen molar-refractivity contribution in [2.75, 3.05) is 18.4 Å².